The Morgan fingerprint density at radius 2 is 0.727 bits per heavy atom. The Morgan fingerprint density at radius 1 is 0.455 bits per heavy atom. The Kier molecular flexibility index (Phi) is 37.7. The molecule has 0 fully saturated rings. The van der Waals surface area contributed by atoms with Gasteiger partial charge in [-0.2, -0.15) is 0 Å². The molecule has 1 aromatic heterocycles. The van der Waals surface area contributed by atoms with Crippen molar-refractivity contribution in [1.29, 1.82) is 0 Å². The number of hydrogen-bond acceptors (Lipinski definition) is 2. The Hall–Kier alpha value is 0.372. The van der Waals surface area contributed by atoms with Gasteiger partial charge in [-0.25, -0.2) is 0 Å². The molecule has 0 aliphatic heterocycles. The summed E-state index contributed by atoms with van der Waals surface area (Å²) in [6.07, 6.45) is 0. The number of fused-ring (bicyclic) bond motifs is 1. The SMILES string of the molecule is CC.CC.CC.CC.[CH3-].[Y].[Y].[Y].c1ccc(-c2ccc(-c3ccccc3)c3n[n-]nc23)cc1. The van der Waals surface area contributed by atoms with E-state index in [2.05, 4.69) is 51.8 Å². The van der Waals surface area contributed by atoms with Crippen LogP contribution in [-0.4, -0.2) is 10.2 Å². The van der Waals surface area contributed by atoms with Crippen LogP contribution in [-0.2, 0) is 98.1 Å². The van der Waals surface area contributed by atoms with Crippen molar-refractivity contribution in [3.05, 3.63) is 80.2 Å². The van der Waals surface area contributed by atoms with Gasteiger partial charge < -0.3 is 22.8 Å². The summed E-state index contributed by atoms with van der Waals surface area (Å²) in [6.45, 7) is 16.0. The van der Waals surface area contributed by atoms with Crippen LogP contribution in [0.3, 0.4) is 0 Å². The van der Waals surface area contributed by atoms with E-state index >= 15 is 0 Å². The minimum atomic E-state index is 0. The van der Waals surface area contributed by atoms with Gasteiger partial charge in [-0.15, -0.1) is 0 Å². The van der Waals surface area contributed by atoms with E-state index in [1.807, 2.05) is 91.8 Å². The molecule has 4 aromatic rings. The van der Waals surface area contributed by atoms with E-state index in [-0.39, 0.29) is 106 Å². The van der Waals surface area contributed by atoms with Crippen LogP contribution in [0, 0.1) is 7.43 Å². The summed E-state index contributed by atoms with van der Waals surface area (Å²) in [5.74, 6) is 0. The van der Waals surface area contributed by atoms with Gasteiger partial charge in [0.25, 0.3) is 0 Å². The minimum Gasteiger partial charge on any atom is -0.492 e. The fourth-order valence-corrected chi connectivity index (χ4v) is 2.60. The third kappa shape index (κ3) is 13.3. The van der Waals surface area contributed by atoms with Crippen molar-refractivity contribution in [3.8, 4) is 22.3 Å². The van der Waals surface area contributed by atoms with Crippen molar-refractivity contribution in [2.45, 2.75) is 55.4 Å². The van der Waals surface area contributed by atoms with Gasteiger partial charge in [0.15, 0.2) is 0 Å². The summed E-state index contributed by atoms with van der Waals surface area (Å²) in [4.78, 5) is 0. The molecule has 4 rings (SSSR count). The molecule has 0 amide bonds. The molecule has 0 bridgehead atoms. The summed E-state index contributed by atoms with van der Waals surface area (Å²) in [7, 11) is 0. The number of nitrogens with zero attached hydrogens (tertiary/aromatic N) is 3. The molecule has 0 aliphatic carbocycles. The van der Waals surface area contributed by atoms with Crippen molar-refractivity contribution in [2.75, 3.05) is 0 Å². The summed E-state index contributed by atoms with van der Waals surface area (Å²) < 4.78 is 0. The molecule has 0 atom stereocenters. The normalized spacial score (nSPS) is 7.64. The van der Waals surface area contributed by atoms with Crippen LogP contribution in [0.25, 0.3) is 33.3 Å². The molecule has 0 unspecified atom stereocenters. The molecule has 0 aliphatic rings. The first-order chi connectivity index (χ1) is 14.4. The third-order valence-electron chi connectivity index (χ3n) is 3.61. The molecule has 1 heterocycles. The maximum atomic E-state index is 4.22. The van der Waals surface area contributed by atoms with Crippen molar-refractivity contribution in [2.24, 2.45) is 0 Å². The average Bonchev–Trinajstić information content (AvgIpc) is 3.35. The van der Waals surface area contributed by atoms with Gasteiger partial charge in [0.1, 0.15) is 0 Å². The average molecular weight is 672 g/mol. The zero-order valence-electron chi connectivity index (χ0n) is 22.0. The molecule has 3 radical (unpaired) electrons. The van der Waals surface area contributed by atoms with E-state index in [1.54, 1.807) is 0 Å². The fourth-order valence-electron chi connectivity index (χ4n) is 2.60. The molecule has 33 heavy (non-hydrogen) atoms. The van der Waals surface area contributed by atoms with Crippen LogP contribution in [0.5, 0.6) is 0 Å². The molecular weight excluding hydrogens is 633 g/mol. The minimum absolute atomic E-state index is 0. The summed E-state index contributed by atoms with van der Waals surface area (Å²) in [5, 5.41) is 12.3. The van der Waals surface area contributed by atoms with E-state index in [1.165, 1.54) is 0 Å². The van der Waals surface area contributed by atoms with Gasteiger partial charge in [0, 0.05) is 109 Å². The van der Waals surface area contributed by atoms with Crippen molar-refractivity contribution >= 4 is 11.0 Å². The summed E-state index contributed by atoms with van der Waals surface area (Å²) in [5.41, 5.74) is 6.09. The molecule has 6 heteroatoms. The fraction of sp³-hybridized carbons (Fsp3) is 0.296. The Bertz CT molecular complexity index is 823. The van der Waals surface area contributed by atoms with Crippen LogP contribution in [0.15, 0.2) is 72.8 Å². The second-order valence-electron chi connectivity index (χ2n) is 4.88. The zero-order valence-corrected chi connectivity index (χ0v) is 30.5. The molecule has 0 spiro atoms. The predicted molar refractivity (Wildman–Crippen MR) is 136 cm³/mol. The van der Waals surface area contributed by atoms with Crippen molar-refractivity contribution < 1.29 is 98.1 Å². The van der Waals surface area contributed by atoms with E-state index in [0.717, 1.165) is 33.3 Å². The van der Waals surface area contributed by atoms with E-state index in [0.29, 0.717) is 0 Å². The van der Waals surface area contributed by atoms with Gasteiger partial charge in [-0.3, -0.25) is 0 Å². The largest absolute Gasteiger partial charge is 0.492 e. The van der Waals surface area contributed by atoms with Crippen LogP contribution in [0.1, 0.15) is 55.4 Å². The first-order valence-electron chi connectivity index (χ1n) is 10.8. The Labute approximate surface area is 278 Å². The van der Waals surface area contributed by atoms with Crippen LogP contribution >= 0.6 is 0 Å². The number of aromatic nitrogens is 3. The van der Waals surface area contributed by atoms with E-state index in [9.17, 15) is 0 Å². The Balaban J connectivity index is -0.000000199. The predicted octanol–water partition coefficient (Wildman–Crippen LogP) is 8.47. The molecular formula is C27H39N3Y3-2. The summed E-state index contributed by atoms with van der Waals surface area (Å²) in [6, 6.07) is 24.6. The summed E-state index contributed by atoms with van der Waals surface area (Å²) >= 11 is 0. The quantitative estimate of drug-likeness (QED) is 0.201. The smallest absolute Gasteiger partial charge is 0.0751 e. The van der Waals surface area contributed by atoms with Crippen molar-refractivity contribution in [3.63, 3.8) is 0 Å². The van der Waals surface area contributed by atoms with Crippen LogP contribution in [0.4, 0.5) is 0 Å². The number of benzene rings is 3. The third-order valence-corrected chi connectivity index (χ3v) is 3.61. The van der Waals surface area contributed by atoms with Gasteiger partial charge in [-0.05, 0) is 11.1 Å². The molecule has 0 saturated carbocycles. The zero-order chi connectivity index (χ0) is 22.1. The van der Waals surface area contributed by atoms with E-state index < -0.39 is 0 Å². The Morgan fingerprint density at radius 3 is 1.00 bits per heavy atom. The molecule has 0 saturated heterocycles. The second-order valence-corrected chi connectivity index (χ2v) is 4.88. The van der Waals surface area contributed by atoms with Gasteiger partial charge >= 0.3 is 0 Å². The standard InChI is InChI=1S/C18H12N3.4C2H6.CH3.3Y/c1-3-7-13(8-4-1)15-11-12-16(14-9-5-2-6-10-14)18-17(15)19-21-20-18;4*1-2;;;;/h1-12H;4*1-2H3;1H3;;;/q-1;;;;;-1;;;. The number of hydrogen-bond donors (Lipinski definition) is 0. The van der Waals surface area contributed by atoms with Gasteiger partial charge in [-0.1, -0.05) is 128 Å². The monoisotopic (exact) mass is 672 g/mol. The van der Waals surface area contributed by atoms with Gasteiger partial charge in [0.2, 0.25) is 0 Å². The maximum absolute atomic E-state index is 4.22. The molecule has 0 N–H and O–H groups in total. The number of rotatable bonds is 2. The topological polar surface area (TPSA) is 39.9 Å². The maximum Gasteiger partial charge on any atom is 0.0751 e. The van der Waals surface area contributed by atoms with Gasteiger partial charge in [0.05, 0.1) is 11.0 Å². The van der Waals surface area contributed by atoms with Crippen LogP contribution < -0.4 is 5.21 Å². The first-order valence-corrected chi connectivity index (χ1v) is 10.8. The van der Waals surface area contributed by atoms with Crippen molar-refractivity contribution in [1.82, 2.24) is 15.4 Å². The first kappa shape index (κ1) is 43.4. The molecule has 173 valence electrons. The van der Waals surface area contributed by atoms with E-state index in [4.69, 9.17) is 0 Å². The van der Waals surface area contributed by atoms with Crippen LogP contribution in [0.2, 0.25) is 0 Å². The molecule has 3 nitrogen and oxygen atoms in total. The molecule has 3 aromatic carbocycles. The second kappa shape index (κ2) is 28.6.